The summed E-state index contributed by atoms with van der Waals surface area (Å²) in [6.07, 6.45) is 1.70. The minimum Gasteiger partial charge on any atom is -0.270 e. The van der Waals surface area contributed by atoms with Crippen LogP contribution in [0.1, 0.15) is 42.9 Å². The second-order valence-corrected chi connectivity index (χ2v) is 5.68. The average Bonchev–Trinajstić information content (AvgIpc) is 3.21. The van der Waals surface area contributed by atoms with Gasteiger partial charge in [0.1, 0.15) is 0 Å². The minimum atomic E-state index is -1.03. The molecule has 1 fully saturated rings. The van der Waals surface area contributed by atoms with Crippen molar-refractivity contribution in [1.82, 2.24) is 14.8 Å². The molecule has 108 valence electrons. The Morgan fingerprint density at radius 1 is 1.33 bits per heavy atom. The number of nitrogens with one attached hydrogen (secondary N) is 1. The van der Waals surface area contributed by atoms with Crippen LogP contribution in [0.25, 0.3) is 0 Å². The summed E-state index contributed by atoms with van der Waals surface area (Å²) in [5.41, 5.74) is 1.08. The summed E-state index contributed by atoms with van der Waals surface area (Å²) >= 11 is 4.92. The van der Waals surface area contributed by atoms with Crippen molar-refractivity contribution in [3.05, 3.63) is 46.5 Å². The number of H-pyrrole nitrogens is 1. The fourth-order valence-corrected chi connectivity index (χ4v) is 2.57. The maximum Gasteiger partial charge on any atom is 0.213 e. The fourth-order valence-electron chi connectivity index (χ4n) is 2.38. The van der Waals surface area contributed by atoms with Crippen LogP contribution in [0, 0.1) is 22.0 Å². The molecule has 21 heavy (non-hydrogen) atoms. The van der Waals surface area contributed by atoms with E-state index in [9.17, 15) is 4.39 Å². The Kier molecular flexibility index (Phi) is 3.84. The summed E-state index contributed by atoms with van der Waals surface area (Å²) in [5.74, 6) is 0.855. The molecule has 2 heterocycles. The number of hydrogen-bond donors (Lipinski definition) is 1. The molecule has 0 amide bonds. The van der Waals surface area contributed by atoms with E-state index in [1.165, 1.54) is 0 Å². The Bertz CT molecular complexity index is 711. The van der Waals surface area contributed by atoms with E-state index in [4.69, 9.17) is 17.5 Å². The number of nitriles is 1. The lowest BCUT2D eigenvalue weighted by atomic mass is 10.0. The molecule has 2 atom stereocenters. The maximum absolute atomic E-state index is 13.7. The van der Waals surface area contributed by atoms with Crippen LogP contribution in [0.3, 0.4) is 0 Å². The lowest BCUT2D eigenvalue weighted by Crippen LogP contribution is -2.06. The number of alkyl halides is 1. The van der Waals surface area contributed by atoms with E-state index >= 15 is 0 Å². The Labute approximate surface area is 127 Å². The summed E-state index contributed by atoms with van der Waals surface area (Å²) in [6.45, 7) is 0. The second kappa shape index (κ2) is 5.78. The highest BCUT2D eigenvalue weighted by atomic mass is 32.1. The van der Waals surface area contributed by atoms with E-state index in [1.807, 2.05) is 30.3 Å². The Balaban J connectivity index is 0.000000225. The van der Waals surface area contributed by atoms with Crippen LogP contribution in [0.5, 0.6) is 0 Å². The monoisotopic (exact) mass is 302 g/mol. The number of hydrogen-bond acceptors (Lipinski definition) is 3. The van der Waals surface area contributed by atoms with Crippen molar-refractivity contribution in [2.75, 3.05) is 0 Å². The van der Waals surface area contributed by atoms with Crippen LogP contribution in [-0.2, 0) is 0 Å². The number of aromatic nitrogens is 3. The zero-order valence-electron chi connectivity index (χ0n) is 11.4. The Morgan fingerprint density at radius 3 is 2.62 bits per heavy atom. The molecule has 1 aliphatic heterocycles. The first-order chi connectivity index (χ1) is 10.2. The predicted molar refractivity (Wildman–Crippen MR) is 78.8 cm³/mol. The minimum absolute atomic E-state index is 0.0181. The van der Waals surface area contributed by atoms with Crippen LogP contribution in [0.2, 0.25) is 0 Å². The van der Waals surface area contributed by atoms with Crippen molar-refractivity contribution in [2.45, 2.75) is 31.5 Å². The summed E-state index contributed by atoms with van der Waals surface area (Å²) in [5, 5.41) is 10.9. The van der Waals surface area contributed by atoms with E-state index in [2.05, 4.69) is 16.2 Å². The molecule has 6 heteroatoms. The molecule has 4 nitrogen and oxygen atoms in total. The molecule has 0 bridgehead atoms. The third-order valence-electron chi connectivity index (χ3n) is 3.65. The molecule has 0 radical (unpaired) electrons. The van der Waals surface area contributed by atoms with Gasteiger partial charge in [-0.3, -0.25) is 9.78 Å². The standard InChI is InChI=1S/C11H10FN3S.C4H5N/c12-8-6-9(7-4-2-1-3-5-7)15-10(8)13-11(16)14-15;5-3-4-1-2-4/h1-5,8-9H,6H2,(H,14,16);4H,1-2H2. The van der Waals surface area contributed by atoms with Gasteiger partial charge in [0.2, 0.25) is 4.77 Å². The number of halogens is 1. The summed E-state index contributed by atoms with van der Waals surface area (Å²) in [7, 11) is 0. The van der Waals surface area contributed by atoms with Gasteiger partial charge in [-0.05, 0) is 30.6 Å². The highest BCUT2D eigenvalue weighted by Gasteiger charge is 2.33. The van der Waals surface area contributed by atoms with E-state index in [1.54, 1.807) is 4.68 Å². The summed E-state index contributed by atoms with van der Waals surface area (Å²) < 4.78 is 15.8. The molecule has 1 saturated carbocycles. The first-order valence-electron chi connectivity index (χ1n) is 6.96. The molecule has 1 aromatic heterocycles. The fraction of sp³-hybridized carbons (Fsp3) is 0.400. The smallest absolute Gasteiger partial charge is 0.213 e. The van der Waals surface area contributed by atoms with Gasteiger partial charge in [0.25, 0.3) is 0 Å². The van der Waals surface area contributed by atoms with Gasteiger partial charge in [-0.2, -0.15) is 5.26 Å². The van der Waals surface area contributed by atoms with Gasteiger partial charge in [-0.25, -0.2) is 9.37 Å². The van der Waals surface area contributed by atoms with Crippen LogP contribution >= 0.6 is 12.2 Å². The zero-order valence-corrected chi connectivity index (χ0v) is 12.2. The molecular weight excluding hydrogens is 287 g/mol. The topological polar surface area (TPSA) is 57.4 Å². The molecule has 0 saturated heterocycles. The molecule has 2 unspecified atom stereocenters. The molecule has 1 aromatic carbocycles. The lowest BCUT2D eigenvalue weighted by molar-refractivity contribution is 0.328. The van der Waals surface area contributed by atoms with Crippen molar-refractivity contribution >= 4 is 12.2 Å². The first kappa shape index (κ1) is 14.0. The molecule has 0 spiro atoms. The van der Waals surface area contributed by atoms with Crippen molar-refractivity contribution < 1.29 is 4.39 Å². The van der Waals surface area contributed by atoms with Gasteiger partial charge in [-0.15, -0.1) is 0 Å². The van der Waals surface area contributed by atoms with Gasteiger partial charge >= 0.3 is 0 Å². The predicted octanol–water partition coefficient (Wildman–Crippen LogP) is 3.86. The molecular formula is C15H15FN4S. The highest BCUT2D eigenvalue weighted by Crippen LogP contribution is 2.38. The van der Waals surface area contributed by atoms with Crippen LogP contribution in [0.4, 0.5) is 4.39 Å². The van der Waals surface area contributed by atoms with Crippen LogP contribution < -0.4 is 0 Å². The summed E-state index contributed by atoms with van der Waals surface area (Å²) in [6, 6.07) is 11.9. The number of nitrogens with zero attached hydrogens (tertiary/aromatic N) is 3. The molecule has 1 N–H and O–H groups in total. The normalized spacial score (nSPS) is 22.9. The van der Waals surface area contributed by atoms with Crippen LogP contribution in [0.15, 0.2) is 30.3 Å². The van der Waals surface area contributed by atoms with Gasteiger partial charge in [0.05, 0.1) is 12.1 Å². The van der Waals surface area contributed by atoms with Crippen molar-refractivity contribution in [2.24, 2.45) is 5.92 Å². The van der Waals surface area contributed by atoms with Crippen molar-refractivity contribution in [3.63, 3.8) is 0 Å². The number of aromatic amines is 1. The van der Waals surface area contributed by atoms with E-state index in [0.29, 0.717) is 22.9 Å². The van der Waals surface area contributed by atoms with Crippen molar-refractivity contribution in [3.8, 4) is 6.07 Å². The number of fused-ring (bicyclic) bond motifs is 1. The van der Waals surface area contributed by atoms with E-state index < -0.39 is 6.17 Å². The molecule has 1 aliphatic carbocycles. The molecule has 4 rings (SSSR count). The maximum atomic E-state index is 13.7. The van der Waals surface area contributed by atoms with Crippen LogP contribution in [-0.4, -0.2) is 14.8 Å². The third kappa shape index (κ3) is 3.03. The number of rotatable bonds is 1. The van der Waals surface area contributed by atoms with Gasteiger partial charge in [0, 0.05) is 12.3 Å². The Morgan fingerprint density at radius 2 is 2.05 bits per heavy atom. The molecule has 2 aromatic rings. The summed E-state index contributed by atoms with van der Waals surface area (Å²) in [4.78, 5) is 4.00. The zero-order chi connectivity index (χ0) is 14.8. The third-order valence-corrected chi connectivity index (χ3v) is 3.83. The number of benzene rings is 1. The van der Waals surface area contributed by atoms with Gasteiger partial charge < -0.3 is 0 Å². The van der Waals surface area contributed by atoms with Crippen molar-refractivity contribution in [1.29, 1.82) is 5.26 Å². The Hall–Kier alpha value is -2.00. The average molecular weight is 302 g/mol. The second-order valence-electron chi connectivity index (χ2n) is 5.29. The van der Waals surface area contributed by atoms with E-state index in [-0.39, 0.29) is 6.04 Å². The van der Waals surface area contributed by atoms with E-state index in [0.717, 1.165) is 18.4 Å². The largest absolute Gasteiger partial charge is 0.270 e. The SMILES string of the molecule is FC1CC(c2ccccc2)n2[nH]c(=S)nc21.N#CC1CC1. The quantitative estimate of drug-likeness (QED) is 0.814. The van der Waals surface area contributed by atoms with Gasteiger partial charge in [0.15, 0.2) is 12.0 Å². The first-order valence-corrected chi connectivity index (χ1v) is 7.37. The van der Waals surface area contributed by atoms with Gasteiger partial charge in [-0.1, -0.05) is 30.3 Å². The lowest BCUT2D eigenvalue weighted by Gasteiger charge is -2.11. The molecule has 2 aliphatic rings. The highest BCUT2D eigenvalue weighted by molar-refractivity contribution is 7.71.